The van der Waals surface area contributed by atoms with Crippen molar-refractivity contribution in [3.63, 3.8) is 0 Å². The van der Waals surface area contributed by atoms with Gasteiger partial charge in [0.15, 0.2) is 18.6 Å². The maximum atomic E-state index is 16.0. The van der Waals surface area contributed by atoms with Crippen LogP contribution in [-0.2, 0) is 44.4 Å². The van der Waals surface area contributed by atoms with E-state index in [1.165, 1.54) is 19.1 Å². The Hall–Kier alpha value is -4.09. The molecule has 1 fully saturated rings. The van der Waals surface area contributed by atoms with Gasteiger partial charge in [0.2, 0.25) is 0 Å². The summed E-state index contributed by atoms with van der Waals surface area (Å²) in [6.45, 7) is 3.27. The number of carbonyl (C=O) groups excluding carboxylic acids is 3. The van der Waals surface area contributed by atoms with Crippen molar-refractivity contribution in [3.8, 4) is 5.75 Å². The zero-order valence-corrected chi connectivity index (χ0v) is 26.5. The molecule has 1 aromatic heterocycles. The molecule has 254 valence electrons. The third-order valence-electron chi connectivity index (χ3n) is 6.42. The fourth-order valence-corrected chi connectivity index (χ4v) is 5.59. The molecule has 2 aromatic rings. The van der Waals surface area contributed by atoms with Gasteiger partial charge >= 0.3 is 31.5 Å². The SMILES string of the molecule is COC(=O)NCC(=O)OCn1c(=O)ccn([C@@H]2O[C@H](CO[P@@](=O)(N[C@@H](C)C(=O)OC(C)C)Oc3ccccc3)[C@@H](O)[C@@]2(C)F)c1=O. The largest absolute Gasteiger partial charge is 0.462 e. The average molecular weight is 675 g/mol. The van der Waals surface area contributed by atoms with Crippen LogP contribution in [-0.4, -0.2) is 82.6 Å². The van der Waals surface area contributed by atoms with Crippen LogP contribution in [0.15, 0.2) is 52.2 Å². The molecule has 3 N–H and O–H groups in total. The zero-order valence-electron chi connectivity index (χ0n) is 25.6. The van der Waals surface area contributed by atoms with E-state index in [4.69, 9.17) is 23.3 Å². The van der Waals surface area contributed by atoms with Crippen molar-refractivity contribution in [1.29, 1.82) is 0 Å². The van der Waals surface area contributed by atoms with Gasteiger partial charge in [0.25, 0.3) is 5.56 Å². The number of para-hydroxylation sites is 1. The predicted molar refractivity (Wildman–Crippen MR) is 155 cm³/mol. The Labute approximate surface area is 262 Å². The molecule has 0 bridgehead atoms. The number of alkyl halides is 1. The van der Waals surface area contributed by atoms with Gasteiger partial charge < -0.3 is 33.9 Å². The maximum Gasteiger partial charge on any atom is 0.459 e. The number of methoxy groups -OCH3 is 1. The molecule has 1 aliphatic rings. The van der Waals surface area contributed by atoms with Crippen LogP contribution in [0, 0.1) is 0 Å². The van der Waals surface area contributed by atoms with Crippen molar-refractivity contribution < 1.29 is 56.4 Å². The summed E-state index contributed by atoms with van der Waals surface area (Å²) >= 11 is 0. The first kappa shape index (κ1) is 36.4. The lowest BCUT2D eigenvalue weighted by atomic mass is 9.98. The van der Waals surface area contributed by atoms with Crippen LogP contribution in [0.25, 0.3) is 0 Å². The number of amides is 1. The fraction of sp³-hybridized carbons (Fsp3) is 0.519. The molecule has 1 aromatic carbocycles. The smallest absolute Gasteiger partial charge is 0.459 e. The van der Waals surface area contributed by atoms with Crippen molar-refractivity contribution in [3.05, 3.63) is 63.4 Å². The summed E-state index contributed by atoms with van der Waals surface area (Å²) in [7, 11) is -3.35. The summed E-state index contributed by atoms with van der Waals surface area (Å²) in [5, 5.41) is 15.3. The second-order valence-corrected chi connectivity index (χ2v) is 12.1. The van der Waals surface area contributed by atoms with E-state index >= 15 is 4.39 Å². The highest BCUT2D eigenvalue weighted by molar-refractivity contribution is 7.52. The Bertz CT molecular complexity index is 1550. The highest BCUT2D eigenvalue weighted by Gasteiger charge is 2.56. The lowest BCUT2D eigenvalue weighted by Crippen LogP contribution is -2.47. The van der Waals surface area contributed by atoms with E-state index in [2.05, 4.69) is 15.1 Å². The van der Waals surface area contributed by atoms with E-state index in [9.17, 15) is 33.6 Å². The minimum Gasteiger partial charge on any atom is -0.462 e. The Morgan fingerprint density at radius 1 is 1.15 bits per heavy atom. The summed E-state index contributed by atoms with van der Waals surface area (Å²) in [4.78, 5) is 60.9. The first-order valence-corrected chi connectivity index (χ1v) is 15.4. The summed E-state index contributed by atoms with van der Waals surface area (Å²) < 4.78 is 61.8. The number of nitrogens with one attached hydrogen (secondary N) is 2. The van der Waals surface area contributed by atoms with Crippen LogP contribution in [0.4, 0.5) is 9.18 Å². The van der Waals surface area contributed by atoms with Crippen LogP contribution >= 0.6 is 7.75 Å². The number of nitrogens with zero attached hydrogens (tertiary/aromatic N) is 2. The number of aromatic nitrogens is 2. The second-order valence-electron chi connectivity index (χ2n) is 10.4. The van der Waals surface area contributed by atoms with Crippen LogP contribution in [0.3, 0.4) is 0 Å². The number of esters is 2. The average Bonchev–Trinajstić information content (AvgIpc) is 3.22. The van der Waals surface area contributed by atoms with Crippen LogP contribution in [0.5, 0.6) is 5.75 Å². The highest BCUT2D eigenvalue weighted by atomic mass is 31.2. The minimum atomic E-state index is -4.42. The van der Waals surface area contributed by atoms with Crippen molar-refractivity contribution in [2.75, 3.05) is 20.3 Å². The number of ether oxygens (including phenoxy) is 4. The molecule has 1 amide bonds. The monoisotopic (exact) mass is 674 g/mol. The normalized spacial score (nSPS) is 22.8. The summed E-state index contributed by atoms with van der Waals surface area (Å²) in [6, 6.07) is 7.50. The number of halogens is 1. The lowest BCUT2D eigenvalue weighted by molar-refractivity contribution is -0.149. The quantitative estimate of drug-likeness (QED) is 0.145. The van der Waals surface area contributed by atoms with E-state index in [1.807, 2.05) is 0 Å². The number of benzene rings is 1. The molecule has 0 unspecified atom stereocenters. The molecule has 19 heteroatoms. The summed E-state index contributed by atoms with van der Waals surface area (Å²) in [5.41, 5.74) is -4.75. The maximum absolute atomic E-state index is 16.0. The molecule has 46 heavy (non-hydrogen) atoms. The number of hydrogen-bond acceptors (Lipinski definition) is 13. The fourth-order valence-electron chi connectivity index (χ4n) is 4.09. The third-order valence-corrected chi connectivity index (χ3v) is 8.06. The minimum absolute atomic E-state index is 0.0967. The van der Waals surface area contributed by atoms with Crippen LogP contribution in [0.1, 0.15) is 33.9 Å². The van der Waals surface area contributed by atoms with Gasteiger partial charge in [-0.3, -0.25) is 23.5 Å². The number of aliphatic hydroxyl groups excluding tert-OH is 1. The van der Waals surface area contributed by atoms with Gasteiger partial charge in [0.05, 0.1) is 19.8 Å². The van der Waals surface area contributed by atoms with E-state index in [-0.39, 0.29) is 5.75 Å². The van der Waals surface area contributed by atoms with Crippen molar-refractivity contribution in [2.45, 2.75) is 70.7 Å². The van der Waals surface area contributed by atoms with Gasteiger partial charge in [0.1, 0.15) is 30.5 Å². The Kier molecular flexibility index (Phi) is 12.2. The van der Waals surface area contributed by atoms with Gasteiger partial charge in [-0.05, 0) is 39.8 Å². The van der Waals surface area contributed by atoms with Crippen LogP contribution in [0.2, 0.25) is 0 Å². The molecule has 0 aliphatic carbocycles. The van der Waals surface area contributed by atoms with Gasteiger partial charge in [0, 0.05) is 12.3 Å². The van der Waals surface area contributed by atoms with E-state index in [1.54, 1.807) is 32.0 Å². The predicted octanol–water partition coefficient (Wildman–Crippen LogP) is 0.987. The van der Waals surface area contributed by atoms with E-state index in [0.717, 1.165) is 26.3 Å². The van der Waals surface area contributed by atoms with Gasteiger partial charge in [-0.15, -0.1) is 0 Å². The lowest BCUT2D eigenvalue weighted by Gasteiger charge is -2.25. The Balaban J connectivity index is 1.79. The van der Waals surface area contributed by atoms with E-state index in [0.29, 0.717) is 9.13 Å². The van der Waals surface area contributed by atoms with Crippen molar-refractivity contribution >= 4 is 25.8 Å². The first-order chi connectivity index (χ1) is 21.6. The third kappa shape index (κ3) is 9.23. The molecule has 3 rings (SSSR count). The molecular weight excluding hydrogens is 638 g/mol. The number of carbonyl (C=O) groups is 3. The zero-order chi connectivity index (χ0) is 34.2. The summed E-state index contributed by atoms with van der Waals surface area (Å²) in [5.74, 6) is -1.68. The molecule has 2 heterocycles. The van der Waals surface area contributed by atoms with Gasteiger partial charge in [-0.1, -0.05) is 18.2 Å². The molecule has 1 aliphatic heterocycles. The molecule has 17 nitrogen and oxygen atoms in total. The van der Waals surface area contributed by atoms with Gasteiger partial charge in [-0.25, -0.2) is 23.1 Å². The van der Waals surface area contributed by atoms with Gasteiger partial charge in [-0.2, -0.15) is 5.09 Å². The van der Waals surface area contributed by atoms with Crippen molar-refractivity contribution in [1.82, 2.24) is 19.5 Å². The Morgan fingerprint density at radius 2 is 1.83 bits per heavy atom. The molecule has 6 atom stereocenters. The molecule has 0 saturated carbocycles. The number of rotatable bonds is 14. The molecular formula is C27H36FN4O13P. The second kappa shape index (κ2) is 15.5. The number of alkyl carbamates (subject to hydrolysis) is 1. The first-order valence-electron chi connectivity index (χ1n) is 13.9. The topological polar surface area (TPSA) is 212 Å². The molecule has 0 radical (unpaired) electrons. The molecule has 0 spiro atoms. The Morgan fingerprint density at radius 3 is 2.46 bits per heavy atom. The van der Waals surface area contributed by atoms with Crippen LogP contribution < -0.4 is 26.2 Å². The number of hydrogen-bond donors (Lipinski definition) is 3. The summed E-state index contributed by atoms with van der Waals surface area (Å²) in [6.07, 6.45) is -5.80. The molecule has 1 saturated heterocycles. The standard InChI is InChI=1S/C27H36FN4O13P/c1-16(2)43-23(36)17(3)30-46(39,45-18-9-7-6-8-10-18)42-14-19-22(35)27(4,28)24(44-19)31-12-11-20(33)32(26(31)38)15-41-21(34)13-29-25(37)40-5/h6-12,16-17,19,22,24,35H,13-15H2,1-5H3,(H,29,37)(H,30,39)/t17-,19+,22+,24+,27+,46-/m0/s1. The highest BCUT2D eigenvalue weighted by Crippen LogP contribution is 2.47. The van der Waals surface area contributed by atoms with E-state index < -0.39 is 93.2 Å². The number of aliphatic hydroxyl groups is 1. The van der Waals surface area contributed by atoms with Crippen molar-refractivity contribution in [2.24, 2.45) is 0 Å².